The summed E-state index contributed by atoms with van der Waals surface area (Å²) in [5, 5.41) is 0. The number of aromatic nitrogens is 1. The van der Waals surface area contributed by atoms with Crippen LogP contribution in [0.3, 0.4) is 0 Å². The summed E-state index contributed by atoms with van der Waals surface area (Å²) in [7, 11) is 0. The number of hydrogen-bond donors (Lipinski definition) is 0. The summed E-state index contributed by atoms with van der Waals surface area (Å²) in [5.41, 5.74) is 1.63. The van der Waals surface area contributed by atoms with Crippen molar-refractivity contribution in [3.63, 3.8) is 0 Å². The number of ketones is 1. The lowest BCUT2D eigenvalue weighted by Gasteiger charge is -2.03. The largest absolute Gasteiger partial charge is 0.307 e. The number of carbonyl (C=O) groups excluding carboxylic acids is 1. The fourth-order valence-corrected chi connectivity index (χ4v) is 3.68. The normalized spacial score (nSPS) is 10.9. The molecule has 0 fully saturated rings. The molecule has 0 bridgehead atoms. The van der Waals surface area contributed by atoms with Crippen molar-refractivity contribution in [2.75, 3.05) is 0 Å². The Labute approximate surface area is 114 Å². The first kappa shape index (κ1) is 13.2. The van der Waals surface area contributed by atoms with Gasteiger partial charge in [-0.1, -0.05) is 11.3 Å². The van der Waals surface area contributed by atoms with Crippen molar-refractivity contribution in [3.8, 4) is 0 Å². The van der Waals surface area contributed by atoms with Crippen LogP contribution in [0.4, 0.5) is 0 Å². The third kappa shape index (κ3) is 2.33. The quantitative estimate of drug-likeness (QED) is 0.811. The van der Waals surface area contributed by atoms with Crippen LogP contribution in [-0.4, -0.2) is 10.4 Å². The van der Waals surface area contributed by atoms with Crippen LogP contribution in [0.1, 0.15) is 30.7 Å². The Balaban J connectivity index is 2.32. The van der Waals surface area contributed by atoms with Crippen LogP contribution in [0.5, 0.6) is 0 Å². The van der Waals surface area contributed by atoms with E-state index in [2.05, 4.69) is 0 Å². The van der Waals surface area contributed by atoms with Crippen molar-refractivity contribution in [3.05, 3.63) is 41.6 Å². The van der Waals surface area contributed by atoms with Crippen LogP contribution in [0.25, 0.3) is 0 Å². The topological polar surface area (TPSA) is 39.1 Å². The number of Topliss-reactive ketones (excluding diaryl/α,β-unsaturated/α-hetero) is 1. The molecule has 0 saturated carbocycles. The molecular weight excluding hydrogens is 266 g/mol. The van der Waals surface area contributed by atoms with E-state index < -0.39 is 0 Å². The Bertz CT molecular complexity index is 661. The molecule has 0 radical (unpaired) electrons. The Hall–Kier alpha value is -1.20. The van der Waals surface area contributed by atoms with Crippen molar-refractivity contribution < 1.29 is 4.79 Å². The highest BCUT2D eigenvalue weighted by atomic mass is 32.1. The van der Waals surface area contributed by atoms with Crippen LogP contribution in [0.15, 0.2) is 10.9 Å². The molecule has 0 N–H and O–H groups in total. The zero-order valence-corrected chi connectivity index (χ0v) is 12.5. The standard InChI is InChI=1S/C13H15NO2S2/c1-7-5-11(10(4)17-7)12(15)6-14-8(2)9(3)18-13(14)16/h5H,6H2,1-4H3. The highest BCUT2D eigenvalue weighted by Crippen LogP contribution is 2.21. The average Bonchev–Trinajstić information content (AvgIpc) is 2.73. The minimum Gasteiger partial charge on any atom is -0.295 e. The maximum atomic E-state index is 12.2. The lowest BCUT2D eigenvalue weighted by atomic mass is 10.1. The molecule has 2 heterocycles. The van der Waals surface area contributed by atoms with Gasteiger partial charge in [-0.2, -0.15) is 0 Å². The molecule has 18 heavy (non-hydrogen) atoms. The Morgan fingerprint density at radius 1 is 1.17 bits per heavy atom. The minimum atomic E-state index is -0.0528. The number of thiophene rings is 1. The summed E-state index contributed by atoms with van der Waals surface area (Å²) in [5.74, 6) is 0.0138. The second-order valence-electron chi connectivity index (χ2n) is 4.35. The average molecular weight is 281 g/mol. The lowest BCUT2D eigenvalue weighted by molar-refractivity contribution is 0.0970. The molecule has 0 saturated heterocycles. The maximum Gasteiger partial charge on any atom is 0.307 e. The van der Waals surface area contributed by atoms with E-state index in [0.717, 1.165) is 25.9 Å². The van der Waals surface area contributed by atoms with E-state index in [4.69, 9.17) is 0 Å². The van der Waals surface area contributed by atoms with E-state index in [-0.39, 0.29) is 17.2 Å². The Morgan fingerprint density at radius 3 is 2.28 bits per heavy atom. The molecule has 2 aromatic rings. The van der Waals surface area contributed by atoms with Gasteiger partial charge < -0.3 is 0 Å². The number of aryl methyl sites for hydroxylation is 3. The number of thiazole rings is 1. The monoisotopic (exact) mass is 281 g/mol. The van der Waals surface area contributed by atoms with Crippen molar-refractivity contribution in [1.29, 1.82) is 0 Å². The number of carbonyl (C=O) groups is 1. The number of hydrogen-bond acceptors (Lipinski definition) is 4. The predicted molar refractivity (Wildman–Crippen MR) is 76.2 cm³/mol. The molecule has 0 aliphatic heterocycles. The molecule has 0 aliphatic carbocycles. The predicted octanol–water partition coefficient (Wildman–Crippen LogP) is 3.09. The summed E-state index contributed by atoms with van der Waals surface area (Å²) in [4.78, 5) is 27.0. The van der Waals surface area contributed by atoms with Crippen LogP contribution in [-0.2, 0) is 6.54 Å². The minimum absolute atomic E-state index is 0.0138. The molecule has 0 spiro atoms. The molecule has 0 unspecified atom stereocenters. The molecule has 0 atom stereocenters. The van der Waals surface area contributed by atoms with Crippen LogP contribution in [0.2, 0.25) is 0 Å². The van der Waals surface area contributed by atoms with Gasteiger partial charge in [-0.3, -0.25) is 14.2 Å². The molecular formula is C13H15NO2S2. The molecule has 2 aromatic heterocycles. The zero-order valence-electron chi connectivity index (χ0n) is 10.9. The fourth-order valence-electron chi connectivity index (χ4n) is 1.91. The van der Waals surface area contributed by atoms with E-state index >= 15 is 0 Å². The van der Waals surface area contributed by atoms with Crippen LogP contribution in [0, 0.1) is 27.7 Å². The van der Waals surface area contributed by atoms with E-state index in [0.29, 0.717) is 0 Å². The molecule has 5 heteroatoms. The van der Waals surface area contributed by atoms with Gasteiger partial charge in [0.05, 0.1) is 6.54 Å². The van der Waals surface area contributed by atoms with Crippen LogP contribution >= 0.6 is 22.7 Å². The first-order valence-corrected chi connectivity index (χ1v) is 7.30. The zero-order chi connectivity index (χ0) is 13.4. The summed E-state index contributed by atoms with van der Waals surface area (Å²) in [6.07, 6.45) is 0. The molecule has 2 rings (SSSR count). The van der Waals surface area contributed by atoms with Gasteiger partial charge in [-0.15, -0.1) is 11.3 Å². The van der Waals surface area contributed by atoms with Gasteiger partial charge in [-0.25, -0.2) is 0 Å². The van der Waals surface area contributed by atoms with E-state index in [1.54, 1.807) is 15.9 Å². The Kier molecular flexibility index (Phi) is 3.54. The van der Waals surface area contributed by atoms with E-state index in [1.165, 1.54) is 11.3 Å². The van der Waals surface area contributed by atoms with Gasteiger partial charge in [0, 0.05) is 25.9 Å². The van der Waals surface area contributed by atoms with Gasteiger partial charge in [0.1, 0.15) is 0 Å². The van der Waals surface area contributed by atoms with Crippen molar-refractivity contribution in [1.82, 2.24) is 4.57 Å². The summed E-state index contributed by atoms with van der Waals surface area (Å²) >= 11 is 2.82. The van der Waals surface area contributed by atoms with E-state index in [1.807, 2.05) is 33.8 Å². The second kappa shape index (κ2) is 4.82. The molecule has 0 amide bonds. The van der Waals surface area contributed by atoms with Gasteiger partial charge in [0.25, 0.3) is 0 Å². The molecule has 3 nitrogen and oxygen atoms in total. The third-order valence-electron chi connectivity index (χ3n) is 3.02. The highest BCUT2D eigenvalue weighted by Gasteiger charge is 2.16. The Morgan fingerprint density at radius 2 is 1.83 bits per heavy atom. The first-order valence-electron chi connectivity index (χ1n) is 5.67. The molecule has 0 aliphatic rings. The van der Waals surface area contributed by atoms with Gasteiger partial charge in [-0.05, 0) is 33.8 Å². The first-order chi connectivity index (χ1) is 8.40. The van der Waals surface area contributed by atoms with Crippen molar-refractivity contribution >= 4 is 28.5 Å². The number of rotatable bonds is 3. The molecule has 96 valence electrons. The van der Waals surface area contributed by atoms with Gasteiger partial charge >= 0.3 is 4.87 Å². The number of nitrogens with zero attached hydrogens (tertiary/aromatic N) is 1. The summed E-state index contributed by atoms with van der Waals surface area (Å²) in [6, 6.07) is 1.90. The van der Waals surface area contributed by atoms with Gasteiger partial charge in [0.2, 0.25) is 0 Å². The summed E-state index contributed by atoms with van der Waals surface area (Å²) in [6.45, 7) is 7.86. The van der Waals surface area contributed by atoms with Crippen molar-refractivity contribution in [2.24, 2.45) is 0 Å². The van der Waals surface area contributed by atoms with Gasteiger partial charge in [0.15, 0.2) is 5.78 Å². The summed E-state index contributed by atoms with van der Waals surface area (Å²) < 4.78 is 1.56. The fraction of sp³-hybridized carbons (Fsp3) is 0.385. The van der Waals surface area contributed by atoms with Crippen molar-refractivity contribution in [2.45, 2.75) is 34.2 Å². The lowest BCUT2D eigenvalue weighted by Crippen LogP contribution is -2.20. The van der Waals surface area contributed by atoms with E-state index in [9.17, 15) is 9.59 Å². The second-order valence-corrected chi connectivity index (χ2v) is 6.97. The maximum absolute atomic E-state index is 12.2. The molecule has 0 aromatic carbocycles. The third-order valence-corrected chi connectivity index (χ3v) is 4.98. The smallest absolute Gasteiger partial charge is 0.295 e. The van der Waals surface area contributed by atoms with Crippen LogP contribution < -0.4 is 4.87 Å². The highest BCUT2D eigenvalue weighted by molar-refractivity contribution is 7.12. The SMILES string of the molecule is Cc1cc(C(=O)Cn2c(C)c(C)sc2=O)c(C)s1.